The van der Waals surface area contributed by atoms with Gasteiger partial charge in [0.15, 0.2) is 5.76 Å². The Kier molecular flexibility index (Phi) is 4.81. The molecule has 7 heteroatoms. The molecule has 0 radical (unpaired) electrons. The molecule has 0 spiro atoms. The van der Waals surface area contributed by atoms with Crippen LogP contribution in [0.4, 0.5) is 0 Å². The van der Waals surface area contributed by atoms with Crippen LogP contribution in [0.3, 0.4) is 0 Å². The molecule has 1 fully saturated rings. The predicted octanol–water partition coefficient (Wildman–Crippen LogP) is 1.58. The average Bonchev–Trinajstić information content (AvgIpc) is 3.06. The Morgan fingerprint density at radius 3 is 2.69 bits per heavy atom. The number of fused-ring (bicyclic) bond motifs is 1. The lowest BCUT2D eigenvalue weighted by Crippen LogP contribution is -2.46. The maximum Gasteiger partial charge on any atom is 0.258 e. The number of nitrogens with one attached hydrogen (secondary N) is 1. The van der Waals surface area contributed by atoms with Gasteiger partial charge in [0, 0.05) is 45.2 Å². The first-order valence-electron chi connectivity index (χ1n) is 9.02. The van der Waals surface area contributed by atoms with Crippen LogP contribution in [0.5, 0.6) is 0 Å². The summed E-state index contributed by atoms with van der Waals surface area (Å²) >= 11 is 0. The fraction of sp³-hybridized carbons (Fsp3) is 0.421. The maximum absolute atomic E-state index is 12.1. The van der Waals surface area contributed by atoms with E-state index < -0.39 is 0 Å². The summed E-state index contributed by atoms with van der Waals surface area (Å²) in [7, 11) is 0. The summed E-state index contributed by atoms with van der Waals surface area (Å²) < 4.78 is 5.30. The highest BCUT2D eigenvalue weighted by Crippen LogP contribution is 2.11. The second-order valence-electron chi connectivity index (χ2n) is 6.83. The van der Waals surface area contributed by atoms with E-state index in [9.17, 15) is 4.79 Å². The summed E-state index contributed by atoms with van der Waals surface area (Å²) in [6.45, 7) is 7.67. The summed E-state index contributed by atoms with van der Waals surface area (Å²) in [6, 6.07) is 9.46. The van der Waals surface area contributed by atoms with Crippen LogP contribution in [0.1, 0.15) is 17.3 Å². The number of hydrogen-bond acceptors (Lipinski definition) is 6. The van der Waals surface area contributed by atoms with Crippen LogP contribution in [-0.2, 0) is 13.0 Å². The zero-order valence-electron chi connectivity index (χ0n) is 14.9. The van der Waals surface area contributed by atoms with Crippen molar-refractivity contribution in [2.75, 3.05) is 32.7 Å². The van der Waals surface area contributed by atoms with E-state index in [1.165, 1.54) is 0 Å². The molecule has 1 aromatic carbocycles. The molecule has 26 heavy (non-hydrogen) atoms. The Morgan fingerprint density at radius 2 is 1.92 bits per heavy atom. The van der Waals surface area contributed by atoms with Crippen molar-refractivity contribution in [2.45, 2.75) is 19.9 Å². The summed E-state index contributed by atoms with van der Waals surface area (Å²) in [4.78, 5) is 24.4. The molecule has 1 aliphatic heterocycles. The molecular weight excluding hydrogens is 330 g/mol. The number of aromatic nitrogens is 3. The van der Waals surface area contributed by atoms with Crippen molar-refractivity contribution in [2.24, 2.45) is 0 Å². The number of H-pyrrole nitrogens is 1. The largest absolute Gasteiger partial charge is 0.360 e. The van der Waals surface area contributed by atoms with Gasteiger partial charge in [0.25, 0.3) is 5.56 Å². The number of para-hydroxylation sites is 1. The monoisotopic (exact) mass is 353 g/mol. The van der Waals surface area contributed by atoms with Crippen LogP contribution in [0.25, 0.3) is 10.9 Å². The highest BCUT2D eigenvalue weighted by Gasteiger charge is 2.18. The highest BCUT2D eigenvalue weighted by atomic mass is 16.5. The molecule has 0 atom stereocenters. The van der Waals surface area contributed by atoms with Crippen molar-refractivity contribution in [3.63, 3.8) is 0 Å². The Labute approximate surface area is 151 Å². The van der Waals surface area contributed by atoms with Gasteiger partial charge in [-0.1, -0.05) is 17.3 Å². The van der Waals surface area contributed by atoms with E-state index in [-0.39, 0.29) is 5.56 Å². The van der Waals surface area contributed by atoms with Crippen LogP contribution >= 0.6 is 0 Å². The first-order valence-corrected chi connectivity index (χ1v) is 9.02. The molecule has 0 aliphatic carbocycles. The molecule has 0 unspecified atom stereocenters. The van der Waals surface area contributed by atoms with Crippen molar-refractivity contribution in [1.82, 2.24) is 24.9 Å². The minimum Gasteiger partial charge on any atom is -0.360 e. The molecule has 2 aromatic heterocycles. The van der Waals surface area contributed by atoms with Crippen molar-refractivity contribution >= 4 is 10.9 Å². The predicted molar refractivity (Wildman–Crippen MR) is 99.0 cm³/mol. The van der Waals surface area contributed by atoms with Crippen LogP contribution in [0, 0.1) is 6.92 Å². The van der Waals surface area contributed by atoms with Crippen LogP contribution in [0.15, 0.2) is 39.6 Å². The molecule has 3 heterocycles. The van der Waals surface area contributed by atoms with Crippen molar-refractivity contribution in [3.05, 3.63) is 58.0 Å². The zero-order chi connectivity index (χ0) is 17.9. The first kappa shape index (κ1) is 16.9. The van der Waals surface area contributed by atoms with E-state index in [1.807, 2.05) is 31.2 Å². The summed E-state index contributed by atoms with van der Waals surface area (Å²) in [5, 5.41) is 4.59. The van der Waals surface area contributed by atoms with Gasteiger partial charge in [-0.25, -0.2) is 4.98 Å². The van der Waals surface area contributed by atoms with E-state index in [0.29, 0.717) is 5.39 Å². The van der Waals surface area contributed by atoms with Gasteiger partial charge in [-0.3, -0.25) is 9.69 Å². The molecule has 0 saturated carbocycles. The second kappa shape index (κ2) is 7.39. The van der Waals surface area contributed by atoms with E-state index in [4.69, 9.17) is 4.52 Å². The van der Waals surface area contributed by atoms with E-state index >= 15 is 0 Å². The lowest BCUT2D eigenvalue weighted by molar-refractivity contribution is 0.119. The molecule has 1 N–H and O–H groups in total. The normalized spacial score (nSPS) is 16.3. The molecule has 7 nitrogen and oxygen atoms in total. The number of aromatic amines is 1. The zero-order valence-corrected chi connectivity index (χ0v) is 14.9. The van der Waals surface area contributed by atoms with Gasteiger partial charge in [0.1, 0.15) is 5.82 Å². The Bertz CT molecular complexity index is 940. The number of benzene rings is 1. The topological polar surface area (TPSA) is 78.3 Å². The van der Waals surface area contributed by atoms with Gasteiger partial charge in [0.05, 0.1) is 23.1 Å². The maximum atomic E-state index is 12.1. The quantitative estimate of drug-likeness (QED) is 0.750. The lowest BCUT2D eigenvalue weighted by Gasteiger charge is -2.34. The first-order chi connectivity index (χ1) is 12.7. The van der Waals surface area contributed by atoms with Crippen molar-refractivity contribution < 1.29 is 4.52 Å². The fourth-order valence-corrected chi connectivity index (χ4v) is 3.40. The second-order valence-corrected chi connectivity index (χ2v) is 6.83. The van der Waals surface area contributed by atoms with Crippen LogP contribution < -0.4 is 5.56 Å². The molecule has 1 aliphatic rings. The fourth-order valence-electron chi connectivity index (χ4n) is 3.40. The van der Waals surface area contributed by atoms with Gasteiger partial charge in [-0.05, 0) is 19.1 Å². The third kappa shape index (κ3) is 3.84. The van der Waals surface area contributed by atoms with Crippen molar-refractivity contribution in [3.8, 4) is 0 Å². The van der Waals surface area contributed by atoms with Crippen LogP contribution in [-0.4, -0.2) is 57.6 Å². The number of piperazine rings is 1. The molecule has 3 aromatic rings. The molecule has 136 valence electrons. The Hall–Kier alpha value is -2.51. The van der Waals surface area contributed by atoms with Gasteiger partial charge < -0.3 is 14.4 Å². The average molecular weight is 353 g/mol. The standard InChI is InChI=1S/C19H23N5O2/c1-14-12-15(26-22-14)13-24-10-8-23(9-11-24)7-6-18-20-17-5-3-2-4-16(17)19(25)21-18/h2-5,12H,6-11,13H2,1H3,(H,20,21,25). The van der Waals surface area contributed by atoms with E-state index in [2.05, 4.69) is 24.9 Å². The van der Waals surface area contributed by atoms with Gasteiger partial charge in [0.2, 0.25) is 0 Å². The molecule has 0 amide bonds. The third-order valence-corrected chi connectivity index (χ3v) is 4.85. The number of rotatable bonds is 5. The number of aryl methyl sites for hydroxylation is 1. The minimum absolute atomic E-state index is 0.0576. The van der Waals surface area contributed by atoms with Gasteiger partial charge in [-0.15, -0.1) is 0 Å². The Balaban J connectivity index is 1.30. The highest BCUT2D eigenvalue weighted by molar-refractivity contribution is 5.77. The number of hydrogen-bond donors (Lipinski definition) is 1. The lowest BCUT2D eigenvalue weighted by atomic mass is 10.2. The van der Waals surface area contributed by atoms with E-state index in [1.54, 1.807) is 6.07 Å². The molecule has 4 rings (SSSR count). The number of nitrogens with zero attached hydrogens (tertiary/aromatic N) is 4. The minimum atomic E-state index is -0.0576. The molecule has 0 bridgehead atoms. The van der Waals surface area contributed by atoms with E-state index in [0.717, 1.165) is 68.5 Å². The third-order valence-electron chi connectivity index (χ3n) is 4.85. The molecular formula is C19H23N5O2. The smallest absolute Gasteiger partial charge is 0.258 e. The van der Waals surface area contributed by atoms with Crippen LogP contribution in [0.2, 0.25) is 0 Å². The summed E-state index contributed by atoms with van der Waals surface area (Å²) in [5.74, 6) is 1.68. The van der Waals surface area contributed by atoms with Crippen molar-refractivity contribution in [1.29, 1.82) is 0 Å². The Morgan fingerprint density at radius 1 is 1.15 bits per heavy atom. The summed E-state index contributed by atoms with van der Waals surface area (Å²) in [5.41, 5.74) is 1.63. The SMILES string of the molecule is Cc1cc(CN2CCN(CCc3nc4ccccc4c(=O)[nH]3)CC2)on1. The van der Waals surface area contributed by atoms with Gasteiger partial charge in [-0.2, -0.15) is 0 Å². The molecule has 1 saturated heterocycles. The van der Waals surface area contributed by atoms with Gasteiger partial charge >= 0.3 is 0 Å². The summed E-state index contributed by atoms with van der Waals surface area (Å²) in [6.07, 6.45) is 0.751.